The standard InChI is InChI=1S/C14H11ClN2O2S/c1-17-13(18)10-4-2-8(6-11(10)14(17)19)16-7-9-3-5-12(15)20-9/h2-6,16H,7H2,1H3. The average Bonchev–Trinajstić information content (AvgIpc) is 2.95. The quantitative estimate of drug-likeness (QED) is 0.886. The van der Waals surface area contributed by atoms with E-state index >= 15 is 0 Å². The number of imide groups is 1. The van der Waals surface area contributed by atoms with E-state index in [2.05, 4.69) is 5.32 Å². The highest BCUT2D eigenvalue weighted by Gasteiger charge is 2.32. The Balaban J connectivity index is 1.80. The van der Waals surface area contributed by atoms with Crippen LogP contribution >= 0.6 is 22.9 Å². The summed E-state index contributed by atoms with van der Waals surface area (Å²) in [5, 5.41) is 3.22. The molecule has 102 valence electrons. The van der Waals surface area contributed by atoms with Crippen LogP contribution in [0, 0.1) is 0 Å². The Hall–Kier alpha value is -1.85. The maximum absolute atomic E-state index is 11.9. The number of nitrogens with one attached hydrogen (secondary N) is 1. The van der Waals surface area contributed by atoms with Crippen molar-refractivity contribution in [2.45, 2.75) is 6.54 Å². The third kappa shape index (κ3) is 2.19. The Morgan fingerprint density at radius 2 is 1.90 bits per heavy atom. The molecule has 2 amide bonds. The molecule has 6 heteroatoms. The molecule has 3 rings (SSSR count). The number of carbonyl (C=O) groups is 2. The smallest absolute Gasteiger partial charge is 0.261 e. The fraction of sp³-hybridized carbons (Fsp3) is 0.143. The van der Waals surface area contributed by atoms with Gasteiger partial charge in [0.15, 0.2) is 0 Å². The largest absolute Gasteiger partial charge is 0.380 e. The number of carbonyl (C=O) groups excluding carboxylic acids is 2. The molecule has 1 aromatic carbocycles. The van der Waals surface area contributed by atoms with E-state index in [9.17, 15) is 9.59 Å². The van der Waals surface area contributed by atoms with Crippen LogP contribution in [0.2, 0.25) is 4.34 Å². The van der Waals surface area contributed by atoms with Crippen LogP contribution in [-0.2, 0) is 6.54 Å². The van der Waals surface area contributed by atoms with Crippen LogP contribution in [0.3, 0.4) is 0 Å². The second kappa shape index (κ2) is 4.92. The third-order valence-corrected chi connectivity index (χ3v) is 4.42. The number of benzene rings is 1. The first-order chi connectivity index (χ1) is 9.56. The Kier molecular flexibility index (Phi) is 3.23. The molecule has 0 radical (unpaired) electrons. The van der Waals surface area contributed by atoms with Crippen molar-refractivity contribution in [3.8, 4) is 0 Å². The van der Waals surface area contributed by atoms with Crippen molar-refractivity contribution in [1.82, 2.24) is 4.90 Å². The maximum Gasteiger partial charge on any atom is 0.261 e. The van der Waals surface area contributed by atoms with Gasteiger partial charge in [-0.2, -0.15) is 0 Å². The monoisotopic (exact) mass is 306 g/mol. The number of hydrogen-bond acceptors (Lipinski definition) is 4. The molecule has 1 aliphatic heterocycles. The van der Waals surface area contributed by atoms with E-state index in [0.29, 0.717) is 17.7 Å². The summed E-state index contributed by atoms with van der Waals surface area (Å²) in [5.74, 6) is -0.505. The molecular formula is C14H11ClN2O2S. The zero-order valence-electron chi connectivity index (χ0n) is 10.6. The average molecular weight is 307 g/mol. The van der Waals surface area contributed by atoms with Gasteiger partial charge in [0.2, 0.25) is 0 Å². The Bertz CT molecular complexity index is 711. The molecule has 1 N–H and O–H groups in total. The van der Waals surface area contributed by atoms with Gasteiger partial charge in [0.1, 0.15) is 0 Å². The molecule has 0 atom stereocenters. The van der Waals surface area contributed by atoms with Gasteiger partial charge in [-0.05, 0) is 30.3 Å². The molecule has 0 saturated heterocycles. The van der Waals surface area contributed by atoms with Crippen molar-refractivity contribution in [1.29, 1.82) is 0 Å². The van der Waals surface area contributed by atoms with Crippen molar-refractivity contribution >= 4 is 40.4 Å². The number of amides is 2. The fourth-order valence-corrected chi connectivity index (χ4v) is 3.13. The predicted molar refractivity (Wildman–Crippen MR) is 79.5 cm³/mol. The minimum atomic E-state index is -0.257. The molecule has 0 saturated carbocycles. The number of anilines is 1. The summed E-state index contributed by atoms with van der Waals surface area (Å²) in [5.41, 5.74) is 1.72. The van der Waals surface area contributed by atoms with Gasteiger partial charge < -0.3 is 5.32 Å². The SMILES string of the molecule is CN1C(=O)c2ccc(NCc3ccc(Cl)s3)cc2C1=O. The second-order valence-corrected chi connectivity index (χ2v) is 6.29. The lowest BCUT2D eigenvalue weighted by Crippen LogP contribution is -2.24. The van der Waals surface area contributed by atoms with Gasteiger partial charge in [-0.15, -0.1) is 11.3 Å². The lowest BCUT2D eigenvalue weighted by molar-refractivity contribution is 0.0693. The van der Waals surface area contributed by atoms with E-state index in [1.807, 2.05) is 12.1 Å². The van der Waals surface area contributed by atoms with Crippen LogP contribution < -0.4 is 5.32 Å². The van der Waals surface area contributed by atoms with E-state index in [4.69, 9.17) is 11.6 Å². The fourth-order valence-electron chi connectivity index (χ4n) is 2.11. The summed E-state index contributed by atoms with van der Waals surface area (Å²) < 4.78 is 0.748. The highest BCUT2D eigenvalue weighted by molar-refractivity contribution is 7.16. The van der Waals surface area contributed by atoms with E-state index < -0.39 is 0 Å². The van der Waals surface area contributed by atoms with Crippen molar-refractivity contribution < 1.29 is 9.59 Å². The van der Waals surface area contributed by atoms with Crippen LogP contribution in [0.4, 0.5) is 5.69 Å². The number of thiophene rings is 1. The van der Waals surface area contributed by atoms with E-state index in [-0.39, 0.29) is 11.8 Å². The summed E-state index contributed by atoms with van der Waals surface area (Å²) in [6, 6.07) is 9.01. The minimum Gasteiger partial charge on any atom is -0.380 e. The van der Waals surface area contributed by atoms with Crippen molar-refractivity contribution in [2.75, 3.05) is 12.4 Å². The summed E-state index contributed by atoms with van der Waals surface area (Å²) >= 11 is 7.38. The Morgan fingerprint density at radius 3 is 2.60 bits per heavy atom. The zero-order valence-corrected chi connectivity index (χ0v) is 12.2. The molecule has 0 fully saturated rings. The number of hydrogen-bond donors (Lipinski definition) is 1. The Morgan fingerprint density at radius 1 is 1.15 bits per heavy atom. The zero-order chi connectivity index (χ0) is 14.3. The molecule has 0 aliphatic carbocycles. The first-order valence-corrected chi connectivity index (χ1v) is 7.20. The second-order valence-electron chi connectivity index (χ2n) is 4.49. The highest BCUT2D eigenvalue weighted by atomic mass is 35.5. The van der Waals surface area contributed by atoms with E-state index in [1.165, 1.54) is 18.4 Å². The van der Waals surface area contributed by atoms with Gasteiger partial charge in [0.25, 0.3) is 11.8 Å². The third-order valence-electron chi connectivity index (χ3n) is 3.19. The van der Waals surface area contributed by atoms with E-state index in [1.54, 1.807) is 18.2 Å². The van der Waals surface area contributed by atoms with Crippen LogP contribution in [0.25, 0.3) is 0 Å². The molecule has 0 bridgehead atoms. The lowest BCUT2D eigenvalue weighted by atomic mass is 10.1. The van der Waals surface area contributed by atoms with Gasteiger partial charge in [0.05, 0.1) is 15.5 Å². The number of rotatable bonds is 3. The predicted octanol–water partition coefficient (Wildman–Crippen LogP) is 3.24. The van der Waals surface area contributed by atoms with Crippen LogP contribution in [0.15, 0.2) is 30.3 Å². The van der Waals surface area contributed by atoms with Gasteiger partial charge >= 0.3 is 0 Å². The maximum atomic E-state index is 11.9. The van der Waals surface area contributed by atoms with Crippen molar-refractivity contribution in [2.24, 2.45) is 0 Å². The highest BCUT2D eigenvalue weighted by Crippen LogP contribution is 2.26. The van der Waals surface area contributed by atoms with E-state index in [0.717, 1.165) is 19.8 Å². The number of fused-ring (bicyclic) bond motifs is 1. The Labute approximate surface area is 125 Å². The van der Waals surface area contributed by atoms with Crippen LogP contribution in [-0.4, -0.2) is 23.8 Å². The van der Waals surface area contributed by atoms with Crippen molar-refractivity contribution in [3.63, 3.8) is 0 Å². The summed E-state index contributed by atoms with van der Waals surface area (Å²) in [6.45, 7) is 0.633. The summed E-state index contributed by atoms with van der Waals surface area (Å²) in [7, 11) is 1.49. The number of nitrogens with zero attached hydrogens (tertiary/aromatic N) is 1. The van der Waals surface area contributed by atoms with Gasteiger partial charge in [0, 0.05) is 24.2 Å². The van der Waals surface area contributed by atoms with Gasteiger partial charge in [-0.1, -0.05) is 11.6 Å². The molecule has 1 aromatic heterocycles. The van der Waals surface area contributed by atoms with Crippen molar-refractivity contribution in [3.05, 3.63) is 50.7 Å². The van der Waals surface area contributed by atoms with Gasteiger partial charge in [-0.3, -0.25) is 14.5 Å². The number of halogens is 1. The molecule has 0 spiro atoms. The molecule has 4 nitrogen and oxygen atoms in total. The topological polar surface area (TPSA) is 49.4 Å². The minimum absolute atomic E-state index is 0.249. The molecule has 2 heterocycles. The summed E-state index contributed by atoms with van der Waals surface area (Å²) in [4.78, 5) is 25.9. The lowest BCUT2D eigenvalue weighted by Gasteiger charge is -2.05. The van der Waals surface area contributed by atoms with Crippen LogP contribution in [0.5, 0.6) is 0 Å². The first kappa shape index (κ1) is 13.1. The molecule has 1 aliphatic rings. The first-order valence-electron chi connectivity index (χ1n) is 6.01. The van der Waals surface area contributed by atoms with Gasteiger partial charge in [-0.25, -0.2) is 0 Å². The van der Waals surface area contributed by atoms with Crippen LogP contribution in [0.1, 0.15) is 25.6 Å². The molecule has 20 heavy (non-hydrogen) atoms. The summed E-state index contributed by atoms with van der Waals surface area (Å²) in [6.07, 6.45) is 0. The normalized spacial score (nSPS) is 13.8. The molecular weight excluding hydrogens is 296 g/mol. The molecule has 0 unspecified atom stereocenters. The molecule has 2 aromatic rings.